The molecule has 0 saturated carbocycles. The zero-order valence-corrected chi connectivity index (χ0v) is 40.1. The summed E-state index contributed by atoms with van der Waals surface area (Å²) in [6.45, 7) is -2.93. The number of nitrogens with zero attached hydrogens (tertiary/aromatic N) is 5. The molecular formula is C43H34EuIN7NaO10. The van der Waals surface area contributed by atoms with Gasteiger partial charge in [-0.25, -0.2) is 15.0 Å². The normalized spacial score (nSPS) is 10.4. The van der Waals surface area contributed by atoms with E-state index < -0.39 is 50.1 Å². The van der Waals surface area contributed by atoms with Crippen molar-refractivity contribution in [2.45, 2.75) is 13.1 Å². The number of carboxylic acid groups (broad SMARTS) is 4. The molecular weight excluding hydrogens is 1080 g/mol. The van der Waals surface area contributed by atoms with Crippen LogP contribution >= 0.6 is 22.6 Å². The summed E-state index contributed by atoms with van der Waals surface area (Å²) in [6.07, 6.45) is 0. The van der Waals surface area contributed by atoms with Gasteiger partial charge in [0.2, 0.25) is 5.91 Å². The standard InChI is InChI=1S/C43H38IN7O10.Eu.Na/c44-20-38(52)48-31-15-13-29(14-16-31)43(61)45-17-3-4-27-9-11-28(12-10-27)30-18-36(34-7-1-5-32(46-34)21-50(23-39(53)54)24-40(55)56)49-37(19-30)35-8-2-6-33(47-35)22-51(25-41(57)58)26-42(59)60;;/h1-2,5-16,18-19H,17,20-26H2,(H,45,61)(H,48,52)(H,53,54)(H,55,56)(H,57,58)(H,59,60);;/q;+3;+1/p-4. The van der Waals surface area contributed by atoms with Crippen LogP contribution in [-0.2, 0) is 37.1 Å². The maximum atomic E-state index is 12.6. The molecule has 0 saturated heterocycles. The molecule has 5 aromatic rings. The van der Waals surface area contributed by atoms with E-state index in [0.717, 1.165) is 15.4 Å². The van der Waals surface area contributed by atoms with Crippen LogP contribution in [0.5, 0.6) is 0 Å². The molecule has 0 radical (unpaired) electrons. The average molecular weight is 1110 g/mol. The van der Waals surface area contributed by atoms with Gasteiger partial charge in [0.25, 0.3) is 5.91 Å². The maximum absolute atomic E-state index is 12.6. The number of hydrogen-bond donors (Lipinski definition) is 2. The number of aromatic nitrogens is 3. The number of benzene rings is 2. The van der Waals surface area contributed by atoms with E-state index in [1.807, 2.05) is 34.7 Å². The van der Waals surface area contributed by atoms with E-state index in [4.69, 9.17) is 4.98 Å². The SMILES string of the molecule is O=C([O-])CN(CC(=O)[O-])Cc1cccc(-c2cc(-c3ccc(C#CCNC(=O)c4ccc(NC(=O)CI)cc4)cc3)cc(-c3cccc(CN(CC(=O)[O-])CC(=O)[O-])n3)n2)n1.[Eu+3].[Na+]. The zero-order chi connectivity index (χ0) is 43.9. The number of carbonyl (C=O) groups is 6. The van der Waals surface area contributed by atoms with Crippen LogP contribution in [-0.4, -0.2) is 97.6 Å². The number of nitrogens with one attached hydrogen (secondary N) is 2. The smallest absolute Gasteiger partial charge is 0.549 e. The number of carbonyl (C=O) groups excluding carboxylic acids is 6. The summed E-state index contributed by atoms with van der Waals surface area (Å²) < 4.78 is 0.304. The summed E-state index contributed by atoms with van der Waals surface area (Å²) in [4.78, 5) is 85.7. The fraction of sp³-hybridized carbons (Fsp3) is 0.186. The van der Waals surface area contributed by atoms with Crippen molar-refractivity contribution in [3.63, 3.8) is 0 Å². The number of alkyl halides is 1. The summed E-state index contributed by atoms with van der Waals surface area (Å²) >= 11 is 1.96. The molecule has 2 aromatic carbocycles. The van der Waals surface area contributed by atoms with E-state index in [2.05, 4.69) is 32.4 Å². The van der Waals surface area contributed by atoms with Gasteiger partial charge in [-0.05, 0) is 83.9 Å². The van der Waals surface area contributed by atoms with E-state index in [-0.39, 0.29) is 110 Å². The maximum Gasteiger partial charge on any atom is 3.00 e. The zero-order valence-electron chi connectivity index (χ0n) is 33.5. The van der Waals surface area contributed by atoms with Gasteiger partial charge < -0.3 is 50.2 Å². The van der Waals surface area contributed by atoms with E-state index in [1.165, 1.54) is 0 Å². The Hall–Kier alpha value is -4.50. The van der Waals surface area contributed by atoms with E-state index in [0.29, 0.717) is 61.0 Å². The first-order chi connectivity index (χ1) is 29.2. The van der Waals surface area contributed by atoms with Crippen molar-refractivity contribution in [3.05, 3.63) is 120 Å². The second kappa shape index (κ2) is 26.3. The van der Waals surface area contributed by atoms with Crippen molar-refractivity contribution >= 4 is 64.0 Å². The molecule has 2 N–H and O–H groups in total. The predicted octanol–water partition coefficient (Wildman–Crippen LogP) is -4.36. The molecule has 63 heavy (non-hydrogen) atoms. The van der Waals surface area contributed by atoms with Crippen molar-refractivity contribution in [1.82, 2.24) is 30.1 Å². The van der Waals surface area contributed by atoms with Crippen LogP contribution in [0.1, 0.15) is 27.3 Å². The molecule has 0 atom stereocenters. The largest absolute Gasteiger partial charge is 3.00 e. The Morgan fingerprint density at radius 3 is 1.52 bits per heavy atom. The molecule has 20 heteroatoms. The molecule has 0 aliphatic carbocycles. The third-order valence-corrected chi connectivity index (χ3v) is 9.18. The minimum atomic E-state index is -1.48. The molecule has 3 aromatic heterocycles. The average Bonchev–Trinajstić information content (AvgIpc) is 3.22. The first-order valence-corrected chi connectivity index (χ1v) is 19.8. The molecule has 17 nitrogen and oxygen atoms in total. The number of halogens is 1. The van der Waals surface area contributed by atoms with E-state index >= 15 is 0 Å². The topological polar surface area (TPSA) is 264 Å². The van der Waals surface area contributed by atoms with Crippen molar-refractivity contribution in [3.8, 4) is 45.7 Å². The van der Waals surface area contributed by atoms with Gasteiger partial charge >= 0.3 is 78.9 Å². The summed E-state index contributed by atoms with van der Waals surface area (Å²) in [5.41, 5.74) is 5.15. The Morgan fingerprint density at radius 2 is 1.08 bits per heavy atom. The van der Waals surface area contributed by atoms with E-state index in [1.54, 1.807) is 84.9 Å². The van der Waals surface area contributed by atoms with Gasteiger partial charge in [-0.1, -0.05) is 58.7 Å². The minimum Gasteiger partial charge on any atom is -0.549 e. The Bertz CT molecular complexity index is 2370. The van der Waals surface area contributed by atoms with Gasteiger partial charge in [0.1, 0.15) is 0 Å². The molecule has 0 aliphatic rings. The quantitative estimate of drug-likeness (QED) is 0.0343. The molecule has 0 aliphatic heterocycles. The molecule has 0 bridgehead atoms. The fourth-order valence-corrected chi connectivity index (χ4v) is 6.11. The van der Waals surface area contributed by atoms with Crippen LogP contribution in [0.25, 0.3) is 33.9 Å². The van der Waals surface area contributed by atoms with Crippen LogP contribution in [0.4, 0.5) is 5.69 Å². The molecule has 2 amide bonds. The van der Waals surface area contributed by atoms with Crippen molar-refractivity contribution in [2.24, 2.45) is 0 Å². The van der Waals surface area contributed by atoms with Crippen LogP contribution in [0, 0.1) is 61.2 Å². The number of aliphatic carboxylic acids is 4. The van der Waals surface area contributed by atoms with Gasteiger partial charge in [-0.15, -0.1) is 0 Å². The fourth-order valence-electron chi connectivity index (χ4n) is 5.92. The summed E-state index contributed by atoms with van der Waals surface area (Å²) in [5.74, 6) is -0.441. The van der Waals surface area contributed by atoms with Gasteiger partial charge in [0, 0.05) is 56.1 Å². The number of hydrogen-bond acceptors (Lipinski definition) is 15. The van der Waals surface area contributed by atoms with Crippen LogP contribution < -0.4 is 60.6 Å². The molecule has 0 spiro atoms. The van der Waals surface area contributed by atoms with Gasteiger partial charge in [0.05, 0.1) is 69.0 Å². The molecule has 3 heterocycles. The molecule has 0 fully saturated rings. The third kappa shape index (κ3) is 17.5. The number of rotatable bonds is 19. The van der Waals surface area contributed by atoms with Crippen LogP contribution in [0.15, 0.2) is 97.1 Å². The Labute approximate surface area is 438 Å². The van der Waals surface area contributed by atoms with Crippen molar-refractivity contribution < 1.29 is 128 Å². The predicted molar refractivity (Wildman–Crippen MR) is 220 cm³/mol. The van der Waals surface area contributed by atoms with Crippen molar-refractivity contribution in [1.29, 1.82) is 0 Å². The summed E-state index contributed by atoms with van der Waals surface area (Å²) in [7, 11) is 0. The Balaban J connectivity index is 0.00000528. The van der Waals surface area contributed by atoms with Crippen LogP contribution in [0.3, 0.4) is 0 Å². The van der Waals surface area contributed by atoms with Gasteiger partial charge in [-0.3, -0.25) is 19.4 Å². The molecule has 0 unspecified atom stereocenters. The number of anilines is 1. The first-order valence-electron chi connectivity index (χ1n) is 18.3. The Morgan fingerprint density at radius 1 is 0.603 bits per heavy atom. The minimum absolute atomic E-state index is 0. The van der Waals surface area contributed by atoms with Gasteiger partial charge in [0.15, 0.2) is 0 Å². The monoisotopic (exact) mass is 1110 g/mol. The van der Waals surface area contributed by atoms with Gasteiger partial charge in [-0.2, -0.15) is 0 Å². The second-order valence-corrected chi connectivity index (χ2v) is 14.0. The number of amides is 2. The Kier molecular flexibility index (Phi) is 22.1. The van der Waals surface area contributed by atoms with Crippen LogP contribution in [0.2, 0.25) is 0 Å². The summed E-state index contributed by atoms with van der Waals surface area (Å²) in [6, 6.07) is 27.1. The summed E-state index contributed by atoms with van der Waals surface area (Å²) in [5, 5.41) is 50.6. The first kappa shape index (κ1) is 52.8. The second-order valence-electron chi connectivity index (χ2n) is 13.3. The number of pyridine rings is 3. The van der Waals surface area contributed by atoms with E-state index in [9.17, 15) is 49.2 Å². The third-order valence-electron chi connectivity index (χ3n) is 8.49. The van der Waals surface area contributed by atoms with Crippen molar-refractivity contribution in [2.75, 3.05) is 42.5 Å². The number of carboxylic acids is 4. The molecule has 316 valence electrons. The molecule has 5 rings (SSSR count).